The number of nitrogens with one attached hydrogen (secondary N) is 1. The Morgan fingerprint density at radius 2 is 1.76 bits per heavy atom. The first-order valence-electron chi connectivity index (χ1n) is 7.24. The SMILES string of the molecule is CCCCOCCCNC(=O)c1ccccc1C(=O)OC. The summed E-state index contributed by atoms with van der Waals surface area (Å²) in [5, 5.41) is 2.78. The van der Waals surface area contributed by atoms with Gasteiger partial charge in [-0.3, -0.25) is 4.79 Å². The van der Waals surface area contributed by atoms with Gasteiger partial charge in [-0.1, -0.05) is 25.5 Å². The number of rotatable bonds is 9. The topological polar surface area (TPSA) is 64.6 Å². The van der Waals surface area contributed by atoms with Crippen LogP contribution in [0.1, 0.15) is 46.9 Å². The van der Waals surface area contributed by atoms with Gasteiger partial charge in [-0.05, 0) is 25.0 Å². The number of esters is 1. The lowest BCUT2D eigenvalue weighted by molar-refractivity contribution is 0.0596. The van der Waals surface area contributed by atoms with Crippen LogP contribution in [0.4, 0.5) is 0 Å². The molecule has 1 amide bonds. The molecule has 0 aliphatic carbocycles. The van der Waals surface area contributed by atoms with Crippen molar-refractivity contribution in [2.24, 2.45) is 0 Å². The molecular weight excluding hydrogens is 270 g/mol. The molecule has 1 aromatic carbocycles. The summed E-state index contributed by atoms with van der Waals surface area (Å²) in [5.41, 5.74) is 0.605. The summed E-state index contributed by atoms with van der Waals surface area (Å²) in [5.74, 6) is -0.784. The molecule has 0 aliphatic heterocycles. The lowest BCUT2D eigenvalue weighted by Crippen LogP contribution is -2.27. The second-order valence-corrected chi connectivity index (χ2v) is 4.61. The fourth-order valence-corrected chi connectivity index (χ4v) is 1.79. The van der Waals surface area contributed by atoms with Gasteiger partial charge in [-0.2, -0.15) is 0 Å². The van der Waals surface area contributed by atoms with Crippen molar-refractivity contribution < 1.29 is 19.1 Å². The van der Waals surface area contributed by atoms with Crippen LogP contribution in [0.25, 0.3) is 0 Å². The van der Waals surface area contributed by atoms with Gasteiger partial charge in [0.25, 0.3) is 5.91 Å². The van der Waals surface area contributed by atoms with Crippen LogP contribution in [-0.4, -0.2) is 38.7 Å². The molecule has 5 nitrogen and oxygen atoms in total. The highest BCUT2D eigenvalue weighted by atomic mass is 16.5. The maximum absolute atomic E-state index is 12.1. The van der Waals surface area contributed by atoms with Crippen LogP contribution < -0.4 is 5.32 Å². The molecule has 0 atom stereocenters. The van der Waals surface area contributed by atoms with E-state index in [1.165, 1.54) is 7.11 Å². The van der Waals surface area contributed by atoms with Gasteiger partial charge < -0.3 is 14.8 Å². The molecule has 21 heavy (non-hydrogen) atoms. The van der Waals surface area contributed by atoms with E-state index in [0.717, 1.165) is 25.9 Å². The Hall–Kier alpha value is -1.88. The summed E-state index contributed by atoms with van der Waals surface area (Å²) >= 11 is 0. The second-order valence-electron chi connectivity index (χ2n) is 4.61. The summed E-state index contributed by atoms with van der Waals surface area (Å²) < 4.78 is 10.1. The number of methoxy groups -OCH3 is 1. The van der Waals surface area contributed by atoms with E-state index in [0.29, 0.717) is 18.7 Å². The number of amides is 1. The van der Waals surface area contributed by atoms with Crippen LogP contribution in [-0.2, 0) is 9.47 Å². The van der Waals surface area contributed by atoms with E-state index in [9.17, 15) is 9.59 Å². The van der Waals surface area contributed by atoms with Crippen molar-refractivity contribution in [3.05, 3.63) is 35.4 Å². The standard InChI is InChI=1S/C16H23NO4/c1-3-4-11-21-12-7-10-17-15(18)13-8-5-6-9-14(13)16(19)20-2/h5-6,8-9H,3-4,7,10-12H2,1-2H3,(H,17,18). The van der Waals surface area contributed by atoms with Crippen LogP contribution in [0.15, 0.2) is 24.3 Å². The molecule has 116 valence electrons. The summed E-state index contributed by atoms with van der Waals surface area (Å²) in [4.78, 5) is 23.7. The summed E-state index contributed by atoms with van der Waals surface area (Å²) in [6, 6.07) is 6.60. The zero-order chi connectivity index (χ0) is 15.5. The van der Waals surface area contributed by atoms with E-state index in [2.05, 4.69) is 17.0 Å². The van der Waals surface area contributed by atoms with Crippen molar-refractivity contribution in [3.63, 3.8) is 0 Å². The average molecular weight is 293 g/mol. The van der Waals surface area contributed by atoms with Gasteiger partial charge in [0.15, 0.2) is 0 Å². The maximum atomic E-state index is 12.1. The lowest BCUT2D eigenvalue weighted by Gasteiger charge is -2.09. The van der Waals surface area contributed by atoms with Gasteiger partial charge >= 0.3 is 5.97 Å². The Balaban J connectivity index is 2.40. The number of carbonyl (C=O) groups is 2. The number of unbranched alkanes of at least 4 members (excludes halogenated alkanes) is 1. The third-order valence-electron chi connectivity index (χ3n) is 2.97. The molecule has 0 heterocycles. The molecule has 0 bridgehead atoms. The Kier molecular flexibility index (Phi) is 8.12. The van der Waals surface area contributed by atoms with Gasteiger partial charge in [-0.15, -0.1) is 0 Å². The van der Waals surface area contributed by atoms with E-state index in [1.807, 2.05) is 0 Å². The highest BCUT2D eigenvalue weighted by Crippen LogP contribution is 2.09. The van der Waals surface area contributed by atoms with Crippen LogP contribution >= 0.6 is 0 Å². The monoisotopic (exact) mass is 293 g/mol. The molecule has 5 heteroatoms. The van der Waals surface area contributed by atoms with E-state index >= 15 is 0 Å². The molecule has 0 unspecified atom stereocenters. The summed E-state index contributed by atoms with van der Waals surface area (Å²) in [6.45, 7) is 4.01. The molecule has 0 aromatic heterocycles. The molecular formula is C16H23NO4. The minimum Gasteiger partial charge on any atom is -0.465 e. The molecule has 1 N–H and O–H groups in total. The highest BCUT2D eigenvalue weighted by molar-refractivity contribution is 6.05. The first-order chi connectivity index (χ1) is 10.2. The van der Waals surface area contributed by atoms with E-state index in [1.54, 1.807) is 24.3 Å². The molecule has 0 saturated heterocycles. The zero-order valence-electron chi connectivity index (χ0n) is 12.7. The largest absolute Gasteiger partial charge is 0.465 e. The first kappa shape index (κ1) is 17.2. The Labute approximate surface area is 125 Å². The van der Waals surface area contributed by atoms with Crippen LogP contribution in [0.2, 0.25) is 0 Å². The molecule has 0 fully saturated rings. The van der Waals surface area contributed by atoms with Gasteiger partial charge in [0, 0.05) is 19.8 Å². The smallest absolute Gasteiger partial charge is 0.338 e. The Morgan fingerprint density at radius 3 is 2.43 bits per heavy atom. The van der Waals surface area contributed by atoms with Crippen LogP contribution in [0.3, 0.4) is 0 Å². The third-order valence-corrected chi connectivity index (χ3v) is 2.97. The average Bonchev–Trinajstić information content (AvgIpc) is 2.53. The normalized spacial score (nSPS) is 10.2. The van der Waals surface area contributed by atoms with Gasteiger partial charge in [-0.25, -0.2) is 4.79 Å². The predicted molar refractivity (Wildman–Crippen MR) is 80.5 cm³/mol. The fraction of sp³-hybridized carbons (Fsp3) is 0.500. The fourth-order valence-electron chi connectivity index (χ4n) is 1.79. The van der Waals surface area contributed by atoms with Crippen LogP contribution in [0, 0.1) is 0 Å². The van der Waals surface area contributed by atoms with Crippen molar-refractivity contribution in [2.45, 2.75) is 26.2 Å². The summed E-state index contributed by atoms with van der Waals surface area (Å²) in [6.07, 6.45) is 2.91. The molecule has 0 radical (unpaired) electrons. The Bertz CT molecular complexity index is 459. The van der Waals surface area contributed by atoms with Crippen LogP contribution in [0.5, 0.6) is 0 Å². The minimum atomic E-state index is -0.511. The molecule has 0 saturated carbocycles. The number of benzene rings is 1. The van der Waals surface area contributed by atoms with Gasteiger partial charge in [0.2, 0.25) is 0 Å². The summed E-state index contributed by atoms with van der Waals surface area (Å²) in [7, 11) is 1.30. The highest BCUT2D eigenvalue weighted by Gasteiger charge is 2.16. The van der Waals surface area contributed by atoms with Crippen molar-refractivity contribution in [2.75, 3.05) is 26.9 Å². The predicted octanol–water partition coefficient (Wildman–Crippen LogP) is 2.41. The number of hydrogen-bond acceptors (Lipinski definition) is 4. The first-order valence-corrected chi connectivity index (χ1v) is 7.24. The van der Waals surface area contributed by atoms with Gasteiger partial charge in [0.1, 0.15) is 0 Å². The van der Waals surface area contributed by atoms with E-state index < -0.39 is 5.97 Å². The molecule has 1 aromatic rings. The van der Waals surface area contributed by atoms with E-state index in [-0.39, 0.29) is 11.5 Å². The third kappa shape index (κ3) is 5.95. The van der Waals surface area contributed by atoms with Gasteiger partial charge in [0.05, 0.1) is 18.2 Å². The Morgan fingerprint density at radius 1 is 1.10 bits per heavy atom. The van der Waals surface area contributed by atoms with E-state index in [4.69, 9.17) is 4.74 Å². The van der Waals surface area contributed by atoms with Crippen molar-refractivity contribution in [1.29, 1.82) is 0 Å². The zero-order valence-corrected chi connectivity index (χ0v) is 12.7. The maximum Gasteiger partial charge on any atom is 0.338 e. The number of ether oxygens (including phenoxy) is 2. The molecule has 0 spiro atoms. The molecule has 1 rings (SSSR count). The lowest BCUT2D eigenvalue weighted by atomic mass is 10.1. The minimum absolute atomic E-state index is 0.274. The quantitative estimate of drug-likeness (QED) is 0.561. The molecule has 0 aliphatic rings. The van der Waals surface area contributed by atoms with Crippen molar-refractivity contribution in [1.82, 2.24) is 5.32 Å². The number of carbonyl (C=O) groups excluding carboxylic acids is 2. The van der Waals surface area contributed by atoms with Crippen molar-refractivity contribution in [3.8, 4) is 0 Å². The second kappa shape index (κ2) is 9.94. The van der Waals surface area contributed by atoms with Crippen molar-refractivity contribution >= 4 is 11.9 Å². The number of hydrogen-bond donors (Lipinski definition) is 1.